The topological polar surface area (TPSA) is 122 Å². The van der Waals surface area contributed by atoms with E-state index in [9.17, 15) is 19.2 Å². The number of hydrogen-bond acceptors (Lipinski definition) is 4. The van der Waals surface area contributed by atoms with Crippen molar-refractivity contribution in [1.29, 1.82) is 0 Å². The number of fused-ring (bicyclic) bond motifs is 1. The molecule has 0 spiro atoms. The molecular weight excluding hydrogens is 432 g/mol. The molecule has 1 heterocycles. The smallest absolute Gasteiger partial charge is 0.250 e. The average molecular weight is 471 g/mol. The zero-order chi connectivity index (χ0) is 24.8. The van der Waals surface area contributed by atoms with Gasteiger partial charge >= 0.3 is 0 Å². The molecule has 1 fully saturated rings. The number of amides is 4. The van der Waals surface area contributed by atoms with Crippen LogP contribution in [0, 0.1) is 11.8 Å². The lowest BCUT2D eigenvalue weighted by Gasteiger charge is -2.31. The van der Waals surface area contributed by atoms with Gasteiger partial charge in [-0.1, -0.05) is 64.2 Å². The van der Waals surface area contributed by atoms with E-state index >= 15 is 0 Å². The highest BCUT2D eigenvalue weighted by molar-refractivity contribution is 6.06. The van der Waals surface area contributed by atoms with Crippen LogP contribution in [0.2, 0.25) is 0 Å². The number of nitrogens with one attached hydrogen (secondary N) is 2. The molecule has 8 heteroatoms. The molecule has 4 N–H and O–H groups in total. The minimum atomic E-state index is -0.808. The molecule has 34 heavy (non-hydrogen) atoms. The van der Waals surface area contributed by atoms with Crippen LogP contribution in [-0.2, 0) is 25.6 Å². The Morgan fingerprint density at radius 1 is 1.06 bits per heavy atom. The molecule has 1 saturated carbocycles. The van der Waals surface area contributed by atoms with E-state index in [4.69, 9.17) is 5.73 Å². The number of rotatable bonds is 9. The van der Waals surface area contributed by atoms with Gasteiger partial charge in [0.05, 0.1) is 0 Å². The first-order valence-corrected chi connectivity index (χ1v) is 12.5. The van der Waals surface area contributed by atoms with Crippen LogP contribution in [0.15, 0.2) is 24.3 Å². The summed E-state index contributed by atoms with van der Waals surface area (Å²) < 4.78 is 0. The number of para-hydroxylation sites is 1. The third-order valence-electron chi connectivity index (χ3n) is 7.05. The standard InChI is InChI=1S/C26H38N4O4/c1-16(2)23(28-17(3)31)25(33)29-20(14-13-18-9-5-4-6-10-18)26(34)30-21-12-8-7-11-19(21)15-22(30)24(27)32/h7-8,11-12,16,18,20,22-23H,4-6,9-10,13-15H2,1-3H3,(H2,27,32)(H,28,31)(H,29,33)/t20-,22-,23-/m0/s1. The minimum absolute atomic E-state index is 0.149. The van der Waals surface area contributed by atoms with Crippen molar-refractivity contribution in [2.24, 2.45) is 17.6 Å². The Hall–Kier alpha value is -2.90. The van der Waals surface area contributed by atoms with E-state index in [1.165, 1.54) is 31.1 Å². The van der Waals surface area contributed by atoms with Gasteiger partial charge in [0.1, 0.15) is 18.1 Å². The highest BCUT2D eigenvalue weighted by atomic mass is 16.2. The first kappa shape index (κ1) is 25.7. The van der Waals surface area contributed by atoms with Crippen LogP contribution in [0.5, 0.6) is 0 Å². The summed E-state index contributed by atoms with van der Waals surface area (Å²) in [5, 5.41) is 5.60. The van der Waals surface area contributed by atoms with Gasteiger partial charge in [-0.2, -0.15) is 0 Å². The van der Waals surface area contributed by atoms with Gasteiger partial charge in [-0.25, -0.2) is 0 Å². The van der Waals surface area contributed by atoms with Crippen LogP contribution in [0.3, 0.4) is 0 Å². The number of benzene rings is 1. The Morgan fingerprint density at radius 3 is 2.35 bits per heavy atom. The summed E-state index contributed by atoms with van der Waals surface area (Å²) in [7, 11) is 0. The summed E-state index contributed by atoms with van der Waals surface area (Å²) in [6.45, 7) is 5.06. The summed E-state index contributed by atoms with van der Waals surface area (Å²) in [5.74, 6) is -1.22. The minimum Gasteiger partial charge on any atom is -0.368 e. The highest BCUT2D eigenvalue weighted by Gasteiger charge is 2.41. The molecule has 1 aliphatic heterocycles. The molecule has 4 amide bonds. The van der Waals surface area contributed by atoms with Gasteiger partial charge in [0, 0.05) is 19.0 Å². The Bertz CT molecular complexity index is 910. The van der Waals surface area contributed by atoms with Crippen molar-refractivity contribution in [3.63, 3.8) is 0 Å². The van der Waals surface area contributed by atoms with Gasteiger partial charge in [0.15, 0.2) is 0 Å². The maximum atomic E-state index is 13.9. The highest BCUT2D eigenvalue weighted by Crippen LogP contribution is 2.34. The largest absolute Gasteiger partial charge is 0.368 e. The lowest BCUT2D eigenvalue weighted by Crippen LogP contribution is -2.58. The molecule has 3 atom stereocenters. The summed E-state index contributed by atoms with van der Waals surface area (Å²) in [4.78, 5) is 52.4. The Labute approximate surface area is 202 Å². The van der Waals surface area contributed by atoms with E-state index in [0.717, 1.165) is 24.8 Å². The summed E-state index contributed by atoms with van der Waals surface area (Å²) in [5.41, 5.74) is 7.22. The van der Waals surface area contributed by atoms with E-state index < -0.39 is 29.9 Å². The monoisotopic (exact) mass is 470 g/mol. The molecule has 1 aromatic rings. The van der Waals surface area contributed by atoms with Crippen molar-refractivity contribution in [2.75, 3.05) is 4.90 Å². The SMILES string of the molecule is CC(=O)N[C@H](C(=O)N[C@@H](CCC1CCCCC1)C(=O)N1c2ccccc2C[C@H]1C(N)=O)C(C)C. The van der Waals surface area contributed by atoms with Crippen LogP contribution < -0.4 is 21.3 Å². The molecule has 2 aliphatic rings. The molecule has 1 aromatic carbocycles. The van der Waals surface area contributed by atoms with Crippen molar-refractivity contribution < 1.29 is 19.2 Å². The summed E-state index contributed by atoms with van der Waals surface area (Å²) in [6, 6.07) is 5.05. The van der Waals surface area contributed by atoms with Crippen molar-refractivity contribution in [3.8, 4) is 0 Å². The van der Waals surface area contributed by atoms with Gasteiger partial charge in [-0.05, 0) is 36.3 Å². The van der Waals surface area contributed by atoms with Gasteiger partial charge in [-0.3, -0.25) is 24.1 Å². The van der Waals surface area contributed by atoms with E-state index in [2.05, 4.69) is 10.6 Å². The molecular formula is C26H38N4O4. The molecule has 0 radical (unpaired) electrons. The van der Waals surface area contributed by atoms with E-state index in [0.29, 0.717) is 24.4 Å². The lowest BCUT2D eigenvalue weighted by atomic mass is 9.85. The first-order valence-electron chi connectivity index (χ1n) is 12.5. The fourth-order valence-corrected chi connectivity index (χ4v) is 5.20. The summed E-state index contributed by atoms with van der Waals surface area (Å²) >= 11 is 0. The third kappa shape index (κ3) is 6.15. The molecule has 8 nitrogen and oxygen atoms in total. The zero-order valence-corrected chi connectivity index (χ0v) is 20.5. The maximum Gasteiger partial charge on any atom is 0.250 e. The van der Waals surface area contributed by atoms with E-state index in [-0.39, 0.29) is 17.7 Å². The first-order chi connectivity index (χ1) is 16.2. The number of anilines is 1. The zero-order valence-electron chi connectivity index (χ0n) is 20.5. The quantitative estimate of drug-likeness (QED) is 0.513. The Morgan fingerprint density at radius 2 is 1.74 bits per heavy atom. The van der Waals surface area contributed by atoms with Crippen molar-refractivity contribution in [2.45, 2.75) is 90.3 Å². The number of hydrogen-bond donors (Lipinski definition) is 3. The lowest BCUT2D eigenvalue weighted by molar-refractivity contribution is -0.132. The van der Waals surface area contributed by atoms with Crippen LogP contribution >= 0.6 is 0 Å². The Balaban J connectivity index is 1.85. The van der Waals surface area contributed by atoms with Gasteiger partial charge in [0.25, 0.3) is 0 Å². The second-order valence-corrected chi connectivity index (χ2v) is 10.0. The fourth-order valence-electron chi connectivity index (χ4n) is 5.20. The second-order valence-electron chi connectivity index (χ2n) is 10.0. The van der Waals surface area contributed by atoms with Crippen molar-refractivity contribution >= 4 is 29.3 Å². The average Bonchev–Trinajstić information content (AvgIpc) is 3.20. The maximum absolute atomic E-state index is 13.9. The predicted molar refractivity (Wildman–Crippen MR) is 131 cm³/mol. The third-order valence-corrected chi connectivity index (χ3v) is 7.05. The molecule has 0 saturated heterocycles. The molecule has 0 aromatic heterocycles. The van der Waals surface area contributed by atoms with Crippen LogP contribution in [0.4, 0.5) is 5.69 Å². The second kappa shape index (κ2) is 11.5. The normalized spacial score (nSPS) is 19.9. The molecule has 186 valence electrons. The van der Waals surface area contributed by atoms with Crippen molar-refractivity contribution in [1.82, 2.24) is 10.6 Å². The molecule has 3 rings (SSSR count). The molecule has 0 unspecified atom stereocenters. The molecule has 1 aliphatic carbocycles. The predicted octanol–water partition coefficient (Wildman–Crippen LogP) is 2.44. The van der Waals surface area contributed by atoms with Gasteiger partial charge in [-0.15, -0.1) is 0 Å². The van der Waals surface area contributed by atoms with Crippen molar-refractivity contribution in [3.05, 3.63) is 29.8 Å². The van der Waals surface area contributed by atoms with Gasteiger partial charge in [0.2, 0.25) is 23.6 Å². The van der Waals surface area contributed by atoms with Gasteiger partial charge < -0.3 is 16.4 Å². The van der Waals surface area contributed by atoms with Crippen LogP contribution in [-0.4, -0.2) is 41.8 Å². The fraction of sp³-hybridized carbons (Fsp3) is 0.615. The number of carbonyl (C=O) groups is 4. The molecule has 0 bridgehead atoms. The number of primary amides is 1. The Kier molecular flexibility index (Phi) is 8.69. The van der Waals surface area contributed by atoms with E-state index in [1.54, 1.807) is 0 Å². The number of nitrogens with two attached hydrogens (primary N) is 1. The summed E-state index contributed by atoms with van der Waals surface area (Å²) in [6.07, 6.45) is 7.55. The van der Waals surface area contributed by atoms with E-state index in [1.807, 2.05) is 38.1 Å². The number of carbonyl (C=O) groups excluding carboxylic acids is 4. The van der Waals surface area contributed by atoms with Crippen LogP contribution in [0.1, 0.15) is 71.3 Å². The number of nitrogens with zero attached hydrogens (tertiary/aromatic N) is 1. The van der Waals surface area contributed by atoms with Crippen LogP contribution in [0.25, 0.3) is 0 Å².